The minimum Gasteiger partial charge on any atom is -0.357 e. The zero-order chi connectivity index (χ0) is 18.5. The summed E-state index contributed by atoms with van der Waals surface area (Å²) in [5.74, 6) is 1.10. The monoisotopic (exact) mass is 478 g/mol. The highest BCUT2D eigenvalue weighted by Gasteiger charge is 2.03. The van der Waals surface area contributed by atoms with Crippen molar-refractivity contribution in [2.24, 2.45) is 10.9 Å². The SMILES string of the molecule is CCNC(=NCCCC(C)C)NCCNC(=O)Cc1ccc(F)cc1.I. The smallest absolute Gasteiger partial charge is 0.224 e. The molecule has 0 radical (unpaired) electrons. The lowest BCUT2D eigenvalue weighted by Gasteiger charge is -2.12. The van der Waals surface area contributed by atoms with Gasteiger partial charge < -0.3 is 16.0 Å². The molecule has 0 spiro atoms. The van der Waals surface area contributed by atoms with Crippen molar-refractivity contribution in [1.29, 1.82) is 0 Å². The Labute approximate surface area is 173 Å². The van der Waals surface area contributed by atoms with Gasteiger partial charge in [0, 0.05) is 26.2 Å². The van der Waals surface area contributed by atoms with E-state index in [0.29, 0.717) is 19.0 Å². The summed E-state index contributed by atoms with van der Waals surface area (Å²) in [7, 11) is 0. The molecule has 0 atom stereocenters. The minimum absolute atomic E-state index is 0. The fourth-order valence-corrected chi connectivity index (χ4v) is 2.27. The number of hydrogen-bond acceptors (Lipinski definition) is 2. The van der Waals surface area contributed by atoms with Gasteiger partial charge in [0.05, 0.1) is 6.42 Å². The summed E-state index contributed by atoms with van der Waals surface area (Å²) >= 11 is 0. The van der Waals surface area contributed by atoms with Crippen LogP contribution in [0.2, 0.25) is 0 Å². The summed E-state index contributed by atoms with van der Waals surface area (Å²) < 4.78 is 12.8. The van der Waals surface area contributed by atoms with Crippen LogP contribution in [-0.2, 0) is 11.2 Å². The quantitative estimate of drug-likeness (QED) is 0.210. The highest BCUT2D eigenvalue weighted by molar-refractivity contribution is 14.0. The predicted molar refractivity (Wildman–Crippen MR) is 117 cm³/mol. The fraction of sp³-hybridized carbons (Fsp3) is 0.579. The van der Waals surface area contributed by atoms with Gasteiger partial charge in [-0.2, -0.15) is 0 Å². The predicted octanol–water partition coefficient (Wildman–Crippen LogP) is 3.09. The normalized spacial score (nSPS) is 11.0. The molecule has 0 fully saturated rings. The first-order chi connectivity index (χ1) is 12.0. The summed E-state index contributed by atoms with van der Waals surface area (Å²) in [5, 5.41) is 9.25. The van der Waals surface area contributed by atoms with Crippen molar-refractivity contribution in [3.63, 3.8) is 0 Å². The van der Waals surface area contributed by atoms with Crippen LogP contribution < -0.4 is 16.0 Å². The summed E-state index contributed by atoms with van der Waals surface area (Å²) in [6.45, 7) is 9.15. The average molecular weight is 478 g/mol. The van der Waals surface area contributed by atoms with E-state index in [0.717, 1.165) is 31.0 Å². The Bertz CT molecular complexity index is 535. The third-order valence-electron chi connectivity index (χ3n) is 3.57. The zero-order valence-corrected chi connectivity index (χ0v) is 18.3. The van der Waals surface area contributed by atoms with Gasteiger partial charge in [0.2, 0.25) is 5.91 Å². The first-order valence-electron chi connectivity index (χ1n) is 9.04. The molecule has 0 unspecified atom stereocenters. The van der Waals surface area contributed by atoms with Crippen molar-refractivity contribution in [1.82, 2.24) is 16.0 Å². The molecule has 3 N–H and O–H groups in total. The van der Waals surface area contributed by atoms with Crippen molar-refractivity contribution in [3.05, 3.63) is 35.6 Å². The van der Waals surface area contributed by atoms with Crippen LogP contribution in [0.4, 0.5) is 4.39 Å². The van der Waals surface area contributed by atoms with Crippen LogP contribution in [0.3, 0.4) is 0 Å². The number of aliphatic imine (C=N–C) groups is 1. The second-order valence-electron chi connectivity index (χ2n) is 6.38. The molecular formula is C19H32FIN4O. The van der Waals surface area contributed by atoms with Crippen LogP contribution in [0, 0.1) is 11.7 Å². The summed E-state index contributed by atoms with van der Waals surface area (Å²) in [6, 6.07) is 5.98. The number of nitrogens with one attached hydrogen (secondary N) is 3. The maximum absolute atomic E-state index is 12.8. The molecule has 0 heterocycles. The highest BCUT2D eigenvalue weighted by Crippen LogP contribution is 2.03. The van der Waals surface area contributed by atoms with Crippen LogP contribution in [0.1, 0.15) is 39.2 Å². The Kier molecular flexibility index (Phi) is 14.0. The lowest BCUT2D eigenvalue weighted by atomic mass is 10.1. The van der Waals surface area contributed by atoms with Gasteiger partial charge in [-0.1, -0.05) is 26.0 Å². The summed E-state index contributed by atoms with van der Waals surface area (Å²) in [6.07, 6.45) is 2.49. The largest absolute Gasteiger partial charge is 0.357 e. The molecule has 0 aromatic heterocycles. The van der Waals surface area contributed by atoms with E-state index in [9.17, 15) is 9.18 Å². The van der Waals surface area contributed by atoms with E-state index in [1.54, 1.807) is 12.1 Å². The van der Waals surface area contributed by atoms with Crippen LogP contribution >= 0.6 is 24.0 Å². The molecular weight excluding hydrogens is 446 g/mol. The molecule has 1 rings (SSSR count). The van der Waals surface area contributed by atoms with Gasteiger partial charge in [-0.05, 0) is 43.4 Å². The van der Waals surface area contributed by atoms with Gasteiger partial charge in [-0.3, -0.25) is 9.79 Å². The Morgan fingerprint density at radius 1 is 1.12 bits per heavy atom. The van der Waals surface area contributed by atoms with Crippen molar-refractivity contribution in [2.45, 2.75) is 40.0 Å². The van der Waals surface area contributed by atoms with Gasteiger partial charge >= 0.3 is 0 Å². The maximum Gasteiger partial charge on any atom is 0.224 e. The molecule has 0 saturated carbocycles. The van der Waals surface area contributed by atoms with E-state index in [1.807, 2.05) is 6.92 Å². The maximum atomic E-state index is 12.8. The number of carbonyl (C=O) groups excluding carboxylic acids is 1. The summed E-state index contributed by atoms with van der Waals surface area (Å²) in [4.78, 5) is 16.4. The lowest BCUT2D eigenvalue weighted by molar-refractivity contribution is -0.120. The third kappa shape index (κ3) is 12.1. The van der Waals surface area contributed by atoms with Crippen LogP contribution in [-0.4, -0.2) is 38.0 Å². The zero-order valence-electron chi connectivity index (χ0n) is 16.0. The number of carbonyl (C=O) groups is 1. The van der Waals surface area contributed by atoms with E-state index < -0.39 is 0 Å². The number of hydrogen-bond donors (Lipinski definition) is 3. The third-order valence-corrected chi connectivity index (χ3v) is 3.57. The number of benzene rings is 1. The van der Waals surface area contributed by atoms with Crippen LogP contribution in [0.25, 0.3) is 0 Å². The molecule has 26 heavy (non-hydrogen) atoms. The number of amides is 1. The average Bonchev–Trinajstić information content (AvgIpc) is 2.57. The standard InChI is InChI=1S/C19H31FN4O.HI/c1-4-21-19(23-11-5-6-15(2)3)24-13-12-22-18(25)14-16-7-9-17(20)10-8-16;/h7-10,15H,4-6,11-14H2,1-3H3,(H,22,25)(H2,21,23,24);1H. The van der Waals surface area contributed by atoms with Gasteiger partial charge in [0.25, 0.3) is 0 Å². The van der Waals surface area contributed by atoms with E-state index in [2.05, 4.69) is 34.8 Å². The van der Waals surface area contributed by atoms with Crippen LogP contribution in [0.5, 0.6) is 0 Å². The molecule has 1 aromatic carbocycles. The Morgan fingerprint density at radius 2 is 1.77 bits per heavy atom. The minimum atomic E-state index is -0.294. The fourth-order valence-electron chi connectivity index (χ4n) is 2.27. The second kappa shape index (κ2) is 14.8. The highest BCUT2D eigenvalue weighted by atomic mass is 127. The van der Waals surface area contributed by atoms with Crippen molar-refractivity contribution in [2.75, 3.05) is 26.2 Å². The molecule has 0 aliphatic carbocycles. The number of nitrogens with zero attached hydrogens (tertiary/aromatic N) is 1. The van der Waals surface area contributed by atoms with Crippen molar-refractivity contribution in [3.8, 4) is 0 Å². The number of halogens is 2. The van der Waals surface area contributed by atoms with Gasteiger partial charge in [-0.15, -0.1) is 24.0 Å². The van der Waals surface area contributed by atoms with Gasteiger partial charge in [-0.25, -0.2) is 4.39 Å². The molecule has 7 heteroatoms. The topological polar surface area (TPSA) is 65.5 Å². The van der Waals surface area contributed by atoms with E-state index >= 15 is 0 Å². The molecule has 1 amide bonds. The molecule has 0 aliphatic rings. The number of guanidine groups is 1. The molecule has 0 aliphatic heterocycles. The van der Waals surface area contributed by atoms with Crippen molar-refractivity contribution < 1.29 is 9.18 Å². The molecule has 148 valence electrons. The molecule has 5 nitrogen and oxygen atoms in total. The Hall–Kier alpha value is -1.38. The molecule has 1 aromatic rings. The van der Waals surface area contributed by atoms with Gasteiger partial charge in [0.1, 0.15) is 5.82 Å². The van der Waals surface area contributed by atoms with Crippen LogP contribution in [0.15, 0.2) is 29.3 Å². The molecule has 0 bridgehead atoms. The van der Waals surface area contributed by atoms with E-state index in [-0.39, 0.29) is 42.1 Å². The lowest BCUT2D eigenvalue weighted by Crippen LogP contribution is -2.41. The summed E-state index contributed by atoms with van der Waals surface area (Å²) in [5.41, 5.74) is 0.798. The Morgan fingerprint density at radius 3 is 2.38 bits per heavy atom. The van der Waals surface area contributed by atoms with E-state index in [4.69, 9.17) is 0 Å². The van der Waals surface area contributed by atoms with Crippen molar-refractivity contribution >= 4 is 35.8 Å². The molecule has 0 saturated heterocycles. The number of rotatable bonds is 10. The first kappa shape index (κ1) is 24.6. The first-order valence-corrected chi connectivity index (χ1v) is 9.04. The second-order valence-corrected chi connectivity index (χ2v) is 6.38. The van der Waals surface area contributed by atoms with Gasteiger partial charge in [0.15, 0.2) is 5.96 Å². The van der Waals surface area contributed by atoms with E-state index in [1.165, 1.54) is 18.6 Å². The Balaban J connectivity index is 0.00000625.